The lowest BCUT2D eigenvalue weighted by Crippen LogP contribution is -2.34. The number of nitrogens with one attached hydrogen (secondary N) is 2. The molecule has 2 N–H and O–H groups in total. The first-order valence-electron chi connectivity index (χ1n) is 7.38. The first-order valence-corrected chi connectivity index (χ1v) is 7.38. The number of carbonyl (C=O) groups is 3. The predicted molar refractivity (Wildman–Crippen MR) is 85.0 cm³/mol. The maximum Gasteiger partial charge on any atom is 0.325 e. The van der Waals surface area contributed by atoms with Crippen molar-refractivity contribution in [1.82, 2.24) is 10.6 Å². The summed E-state index contributed by atoms with van der Waals surface area (Å²) < 4.78 is 9.70. The van der Waals surface area contributed by atoms with Gasteiger partial charge in [-0.15, -0.1) is 0 Å². The first kappa shape index (κ1) is 17.3. The van der Waals surface area contributed by atoms with Crippen molar-refractivity contribution in [3.8, 4) is 0 Å². The second-order valence-corrected chi connectivity index (χ2v) is 5.02. The minimum absolute atomic E-state index is 0.0947. The van der Waals surface area contributed by atoms with Crippen molar-refractivity contribution in [1.29, 1.82) is 0 Å². The van der Waals surface area contributed by atoms with Crippen molar-refractivity contribution in [2.24, 2.45) is 0 Å². The molecule has 1 atom stereocenters. The second kappa shape index (κ2) is 8.52. The highest BCUT2D eigenvalue weighted by atomic mass is 16.5. The lowest BCUT2D eigenvalue weighted by atomic mass is 10.1. The van der Waals surface area contributed by atoms with E-state index in [-0.39, 0.29) is 18.3 Å². The number of ether oxygens (including phenoxy) is 1. The number of rotatable bonds is 7. The molecular formula is C17H18N2O5. The molecule has 0 spiro atoms. The van der Waals surface area contributed by atoms with Crippen LogP contribution in [0.4, 0.5) is 0 Å². The van der Waals surface area contributed by atoms with E-state index in [9.17, 15) is 14.4 Å². The van der Waals surface area contributed by atoms with Gasteiger partial charge >= 0.3 is 5.97 Å². The molecule has 0 aliphatic carbocycles. The lowest BCUT2D eigenvalue weighted by molar-refractivity contribution is -0.147. The zero-order valence-corrected chi connectivity index (χ0v) is 13.2. The zero-order valence-electron chi connectivity index (χ0n) is 13.2. The minimum atomic E-state index is -0.711. The van der Waals surface area contributed by atoms with Crippen LogP contribution in [0.3, 0.4) is 0 Å². The average Bonchev–Trinajstić information content (AvgIpc) is 3.13. The third-order valence-electron chi connectivity index (χ3n) is 3.18. The summed E-state index contributed by atoms with van der Waals surface area (Å²) in [6, 6.07) is 12.2. The Labute approximate surface area is 139 Å². The summed E-state index contributed by atoms with van der Waals surface area (Å²) in [6.07, 6.45) is 1.35. The number of carbonyl (C=O) groups excluding carboxylic acids is 3. The third kappa shape index (κ3) is 5.28. The molecular weight excluding hydrogens is 312 g/mol. The number of benzene rings is 1. The van der Waals surface area contributed by atoms with Gasteiger partial charge in [-0.1, -0.05) is 30.3 Å². The van der Waals surface area contributed by atoms with Gasteiger partial charge in [0.25, 0.3) is 11.8 Å². The van der Waals surface area contributed by atoms with Gasteiger partial charge in [-0.3, -0.25) is 14.4 Å². The molecule has 2 amide bonds. The molecule has 1 aromatic carbocycles. The summed E-state index contributed by atoms with van der Waals surface area (Å²) in [5.74, 6) is -1.56. The largest absolute Gasteiger partial charge is 0.459 e. The van der Waals surface area contributed by atoms with Crippen molar-refractivity contribution in [3.05, 3.63) is 60.1 Å². The SMILES string of the molecule is C[C@H](NC(=O)COC(=O)CNC(=O)c1ccco1)c1ccccc1. The molecule has 1 heterocycles. The summed E-state index contributed by atoms with van der Waals surface area (Å²) in [5.41, 5.74) is 0.947. The normalized spacial score (nSPS) is 11.4. The fourth-order valence-electron chi connectivity index (χ4n) is 1.95. The molecule has 0 unspecified atom stereocenters. The van der Waals surface area contributed by atoms with Gasteiger partial charge in [-0.25, -0.2) is 0 Å². The average molecular weight is 330 g/mol. The molecule has 2 aromatic rings. The smallest absolute Gasteiger partial charge is 0.325 e. The monoisotopic (exact) mass is 330 g/mol. The standard InChI is InChI=1S/C17H18N2O5/c1-12(13-6-3-2-4-7-13)19-15(20)11-24-16(21)10-18-17(22)14-8-5-9-23-14/h2-9,12H,10-11H2,1H3,(H,18,22)(H,19,20)/t12-/m0/s1. The Bertz CT molecular complexity index is 682. The maximum absolute atomic E-state index is 11.8. The lowest BCUT2D eigenvalue weighted by Gasteiger charge is -2.14. The fraction of sp³-hybridized carbons (Fsp3) is 0.235. The number of hydrogen-bond acceptors (Lipinski definition) is 5. The van der Waals surface area contributed by atoms with Gasteiger partial charge in [0, 0.05) is 0 Å². The highest BCUT2D eigenvalue weighted by Crippen LogP contribution is 2.10. The van der Waals surface area contributed by atoms with E-state index in [0.29, 0.717) is 0 Å². The molecule has 7 heteroatoms. The number of amides is 2. The van der Waals surface area contributed by atoms with Gasteiger partial charge in [0.1, 0.15) is 6.54 Å². The van der Waals surface area contributed by atoms with Crippen LogP contribution in [0.5, 0.6) is 0 Å². The van der Waals surface area contributed by atoms with E-state index in [1.54, 1.807) is 6.07 Å². The van der Waals surface area contributed by atoms with E-state index in [0.717, 1.165) is 5.56 Å². The highest BCUT2D eigenvalue weighted by molar-refractivity contribution is 5.93. The Kier molecular flexibility index (Phi) is 6.13. The van der Waals surface area contributed by atoms with E-state index < -0.39 is 24.4 Å². The summed E-state index contributed by atoms with van der Waals surface area (Å²) >= 11 is 0. The Morgan fingerprint density at radius 2 is 1.88 bits per heavy atom. The van der Waals surface area contributed by atoms with Crippen LogP contribution in [0.25, 0.3) is 0 Å². The van der Waals surface area contributed by atoms with Crippen LogP contribution in [0.2, 0.25) is 0 Å². The predicted octanol–water partition coefficient (Wildman–Crippen LogP) is 1.43. The van der Waals surface area contributed by atoms with E-state index in [1.807, 2.05) is 37.3 Å². The van der Waals surface area contributed by atoms with Crippen molar-refractivity contribution in [3.63, 3.8) is 0 Å². The molecule has 0 bridgehead atoms. The molecule has 0 fully saturated rings. The third-order valence-corrected chi connectivity index (χ3v) is 3.18. The Hall–Kier alpha value is -3.09. The van der Waals surface area contributed by atoms with Crippen LogP contribution in [-0.4, -0.2) is 30.9 Å². The molecule has 24 heavy (non-hydrogen) atoms. The van der Waals surface area contributed by atoms with Gasteiger partial charge in [-0.05, 0) is 24.6 Å². The Balaban J connectivity index is 1.67. The van der Waals surface area contributed by atoms with E-state index >= 15 is 0 Å². The van der Waals surface area contributed by atoms with Crippen LogP contribution in [0.15, 0.2) is 53.1 Å². The molecule has 0 aliphatic rings. The van der Waals surface area contributed by atoms with Crippen LogP contribution < -0.4 is 10.6 Å². The van der Waals surface area contributed by atoms with Crippen molar-refractivity contribution >= 4 is 17.8 Å². The Morgan fingerprint density at radius 1 is 1.12 bits per heavy atom. The summed E-state index contributed by atoms with van der Waals surface area (Å²) in [6.45, 7) is 1.08. The first-order chi connectivity index (χ1) is 11.6. The molecule has 2 rings (SSSR count). The van der Waals surface area contributed by atoms with Gasteiger partial charge in [0.2, 0.25) is 0 Å². The molecule has 0 aliphatic heterocycles. The van der Waals surface area contributed by atoms with E-state index in [1.165, 1.54) is 12.3 Å². The number of esters is 1. The Morgan fingerprint density at radius 3 is 2.54 bits per heavy atom. The quantitative estimate of drug-likeness (QED) is 0.749. The van der Waals surface area contributed by atoms with Crippen LogP contribution >= 0.6 is 0 Å². The summed E-state index contributed by atoms with van der Waals surface area (Å²) in [7, 11) is 0. The number of hydrogen-bond donors (Lipinski definition) is 2. The van der Waals surface area contributed by atoms with Gasteiger partial charge in [0.05, 0.1) is 12.3 Å². The van der Waals surface area contributed by atoms with Gasteiger partial charge in [0.15, 0.2) is 12.4 Å². The van der Waals surface area contributed by atoms with E-state index in [2.05, 4.69) is 10.6 Å². The van der Waals surface area contributed by atoms with Gasteiger partial charge < -0.3 is 19.8 Å². The van der Waals surface area contributed by atoms with Crippen molar-refractivity contribution < 1.29 is 23.5 Å². The van der Waals surface area contributed by atoms with Gasteiger partial charge in [-0.2, -0.15) is 0 Å². The summed E-state index contributed by atoms with van der Waals surface area (Å²) in [4.78, 5) is 34.9. The van der Waals surface area contributed by atoms with Crippen LogP contribution in [0.1, 0.15) is 29.1 Å². The van der Waals surface area contributed by atoms with Crippen molar-refractivity contribution in [2.75, 3.05) is 13.2 Å². The molecule has 126 valence electrons. The van der Waals surface area contributed by atoms with Crippen molar-refractivity contribution in [2.45, 2.75) is 13.0 Å². The van der Waals surface area contributed by atoms with Crippen LogP contribution in [0, 0.1) is 0 Å². The molecule has 0 saturated heterocycles. The minimum Gasteiger partial charge on any atom is -0.459 e. The highest BCUT2D eigenvalue weighted by Gasteiger charge is 2.13. The molecule has 0 saturated carbocycles. The topological polar surface area (TPSA) is 97.6 Å². The zero-order chi connectivity index (χ0) is 17.4. The molecule has 0 radical (unpaired) electrons. The summed E-state index contributed by atoms with van der Waals surface area (Å²) in [5, 5.41) is 5.06. The van der Waals surface area contributed by atoms with E-state index in [4.69, 9.17) is 9.15 Å². The second-order valence-electron chi connectivity index (χ2n) is 5.02. The molecule has 1 aromatic heterocycles. The fourth-order valence-corrected chi connectivity index (χ4v) is 1.95. The number of furan rings is 1. The molecule has 7 nitrogen and oxygen atoms in total. The van der Waals surface area contributed by atoms with Crippen LogP contribution in [-0.2, 0) is 14.3 Å². The maximum atomic E-state index is 11.8.